The molecule has 0 aliphatic carbocycles. The van der Waals surface area contributed by atoms with E-state index in [9.17, 15) is 4.79 Å². The van der Waals surface area contributed by atoms with Crippen LogP contribution in [0.3, 0.4) is 0 Å². The van der Waals surface area contributed by atoms with Crippen LogP contribution in [0.5, 0.6) is 0 Å². The van der Waals surface area contributed by atoms with Gasteiger partial charge in [-0.05, 0) is 6.92 Å². The zero-order valence-corrected chi connectivity index (χ0v) is 9.07. The summed E-state index contributed by atoms with van der Waals surface area (Å²) >= 11 is 0. The lowest BCUT2D eigenvalue weighted by molar-refractivity contribution is -0.125. The molecule has 0 aliphatic rings. The molecule has 4 nitrogen and oxygen atoms in total. The number of hydrogen-bond donors (Lipinski definition) is 2. The van der Waals surface area contributed by atoms with Crippen LogP contribution >= 0.6 is 0 Å². The van der Waals surface area contributed by atoms with Gasteiger partial charge in [0.05, 0.1) is 19.2 Å². The summed E-state index contributed by atoms with van der Waals surface area (Å²) in [4.78, 5) is 13.3. The average molecular weight is 210 g/mol. The van der Waals surface area contributed by atoms with Gasteiger partial charge in [-0.2, -0.15) is 0 Å². The van der Waals surface area contributed by atoms with Crippen molar-refractivity contribution in [3.8, 4) is 12.3 Å². The van der Waals surface area contributed by atoms with Crippen molar-refractivity contribution in [3.63, 3.8) is 0 Å². The molecule has 0 aliphatic heterocycles. The summed E-state index contributed by atoms with van der Waals surface area (Å²) in [6.07, 6.45) is 6.73. The lowest BCUT2D eigenvalue weighted by atomic mass is 10.2. The molecule has 0 radical (unpaired) electrons. The number of aliphatic hydroxyl groups excluding tert-OH is 1. The SMILES string of the molecule is C#CCNC(=O)C(C)N(CC=C)CCO. The number of aliphatic hydroxyl groups is 1. The van der Waals surface area contributed by atoms with Gasteiger partial charge in [0.15, 0.2) is 0 Å². The third-order valence-electron chi connectivity index (χ3n) is 2.04. The normalized spacial score (nSPS) is 11.9. The van der Waals surface area contributed by atoms with Crippen LogP contribution in [0.2, 0.25) is 0 Å². The Hall–Kier alpha value is -1.31. The van der Waals surface area contributed by atoms with E-state index in [-0.39, 0.29) is 25.1 Å². The highest BCUT2D eigenvalue weighted by molar-refractivity contribution is 5.81. The fourth-order valence-electron chi connectivity index (χ4n) is 1.19. The van der Waals surface area contributed by atoms with Gasteiger partial charge in [0.2, 0.25) is 5.91 Å². The Labute approximate surface area is 91.0 Å². The van der Waals surface area contributed by atoms with E-state index in [0.717, 1.165) is 0 Å². The molecule has 0 aromatic rings. The predicted octanol–water partition coefficient (Wildman–Crippen LogP) is -0.395. The Bertz CT molecular complexity index is 245. The quantitative estimate of drug-likeness (QED) is 0.444. The van der Waals surface area contributed by atoms with Crippen molar-refractivity contribution < 1.29 is 9.90 Å². The Balaban J connectivity index is 4.21. The molecule has 4 heteroatoms. The zero-order chi connectivity index (χ0) is 11.7. The van der Waals surface area contributed by atoms with Crippen LogP contribution in [0.4, 0.5) is 0 Å². The van der Waals surface area contributed by atoms with E-state index in [1.165, 1.54) is 0 Å². The van der Waals surface area contributed by atoms with Crippen LogP contribution in [0.15, 0.2) is 12.7 Å². The molecule has 0 fully saturated rings. The number of carbonyl (C=O) groups excluding carboxylic acids is 1. The standard InChI is InChI=1S/C11H18N2O2/c1-4-6-12-11(15)10(3)13(7-5-2)8-9-14/h1,5,10,14H,2,6-9H2,3H3,(H,12,15). The van der Waals surface area contributed by atoms with Gasteiger partial charge in [0.25, 0.3) is 0 Å². The first-order valence-electron chi connectivity index (χ1n) is 4.84. The zero-order valence-electron chi connectivity index (χ0n) is 9.07. The first-order chi connectivity index (χ1) is 7.17. The highest BCUT2D eigenvalue weighted by Crippen LogP contribution is 1.98. The van der Waals surface area contributed by atoms with E-state index in [1.807, 2.05) is 4.90 Å². The van der Waals surface area contributed by atoms with Crippen molar-refractivity contribution in [2.24, 2.45) is 0 Å². The second kappa shape index (κ2) is 8.04. The highest BCUT2D eigenvalue weighted by Gasteiger charge is 2.18. The maximum Gasteiger partial charge on any atom is 0.237 e. The summed E-state index contributed by atoms with van der Waals surface area (Å²) in [6.45, 7) is 6.61. The van der Waals surface area contributed by atoms with E-state index in [0.29, 0.717) is 13.1 Å². The first-order valence-corrected chi connectivity index (χ1v) is 4.84. The summed E-state index contributed by atoms with van der Waals surface area (Å²) in [5, 5.41) is 11.4. The van der Waals surface area contributed by atoms with Gasteiger partial charge in [-0.1, -0.05) is 12.0 Å². The number of amides is 1. The molecule has 0 heterocycles. The predicted molar refractivity (Wildman–Crippen MR) is 60.2 cm³/mol. The third kappa shape index (κ3) is 5.21. The van der Waals surface area contributed by atoms with Gasteiger partial charge in [-0.3, -0.25) is 9.69 Å². The van der Waals surface area contributed by atoms with Crippen LogP contribution in [0.25, 0.3) is 0 Å². The van der Waals surface area contributed by atoms with Crippen molar-refractivity contribution in [1.29, 1.82) is 0 Å². The smallest absolute Gasteiger partial charge is 0.237 e. The lowest BCUT2D eigenvalue weighted by Crippen LogP contribution is -2.46. The summed E-state index contributed by atoms with van der Waals surface area (Å²) in [5.41, 5.74) is 0. The minimum absolute atomic E-state index is 0.0145. The molecule has 0 rings (SSSR count). The van der Waals surface area contributed by atoms with E-state index < -0.39 is 0 Å². The minimum atomic E-state index is -0.316. The van der Waals surface area contributed by atoms with Crippen molar-refractivity contribution >= 4 is 5.91 Å². The van der Waals surface area contributed by atoms with E-state index >= 15 is 0 Å². The third-order valence-corrected chi connectivity index (χ3v) is 2.04. The van der Waals surface area contributed by atoms with Gasteiger partial charge < -0.3 is 10.4 Å². The Kier molecular flexibility index (Phi) is 7.33. The van der Waals surface area contributed by atoms with Crippen LogP contribution in [-0.2, 0) is 4.79 Å². The number of nitrogens with one attached hydrogen (secondary N) is 1. The second-order valence-corrected chi connectivity index (χ2v) is 3.11. The molecule has 15 heavy (non-hydrogen) atoms. The largest absolute Gasteiger partial charge is 0.395 e. The molecule has 1 amide bonds. The van der Waals surface area contributed by atoms with Gasteiger partial charge in [0.1, 0.15) is 0 Å². The van der Waals surface area contributed by atoms with Gasteiger partial charge in [-0.25, -0.2) is 0 Å². The van der Waals surface area contributed by atoms with Crippen LogP contribution in [0, 0.1) is 12.3 Å². The minimum Gasteiger partial charge on any atom is -0.395 e. The maximum absolute atomic E-state index is 11.5. The maximum atomic E-state index is 11.5. The number of carbonyl (C=O) groups is 1. The summed E-state index contributed by atoms with van der Waals surface area (Å²) in [6, 6.07) is -0.316. The molecule has 0 saturated heterocycles. The molecule has 1 atom stereocenters. The van der Waals surface area contributed by atoms with Crippen LogP contribution < -0.4 is 5.32 Å². The second-order valence-electron chi connectivity index (χ2n) is 3.11. The fourth-order valence-corrected chi connectivity index (χ4v) is 1.19. The van der Waals surface area contributed by atoms with E-state index in [4.69, 9.17) is 11.5 Å². The highest BCUT2D eigenvalue weighted by atomic mass is 16.3. The molecule has 2 N–H and O–H groups in total. The summed E-state index contributed by atoms with van der Waals surface area (Å²) in [7, 11) is 0. The summed E-state index contributed by atoms with van der Waals surface area (Å²) < 4.78 is 0. The van der Waals surface area contributed by atoms with Gasteiger partial charge in [0, 0.05) is 13.1 Å². The molecule has 0 bridgehead atoms. The molecule has 0 aromatic carbocycles. The number of terminal acetylenes is 1. The van der Waals surface area contributed by atoms with E-state index in [1.54, 1.807) is 13.0 Å². The molecule has 0 aromatic heterocycles. The van der Waals surface area contributed by atoms with Crippen molar-refractivity contribution in [3.05, 3.63) is 12.7 Å². The fraction of sp³-hybridized carbons (Fsp3) is 0.545. The molecular weight excluding hydrogens is 192 g/mol. The summed E-state index contributed by atoms with van der Waals surface area (Å²) in [5.74, 6) is 2.20. The Morgan fingerprint density at radius 3 is 2.93 bits per heavy atom. The Morgan fingerprint density at radius 2 is 2.47 bits per heavy atom. The average Bonchev–Trinajstić information content (AvgIpc) is 2.24. The van der Waals surface area contributed by atoms with Crippen molar-refractivity contribution in [1.82, 2.24) is 10.2 Å². The number of hydrogen-bond acceptors (Lipinski definition) is 3. The first kappa shape index (κ1) is 13.7. The lowest BCUT2D eigenvalue weighted by Gasteiger charge is -2.25. The molecule has 1 unspecified atom stereocenters. The molecular formula is C11H18N2O2. The molecule has 84 valence electrons. The number of nitrogens with zero attached hydrogens (tertiary/aromatic N) is 1. The van der Waals surface area contributed by atoms with Crippen molar-refractivity contribution in [2.45, 2.75) is 13.0 Å². The van der Waals surface area contributed by atoms with Gasteiger partial charge >= 0.3 is 0 Å². The topological polar surface area (TPSA) is 52.6 Å². The van der Waals surface area contributed by atoms with Gasteiger partial charge in [-0.15, -0.1) is 13.0 Å². The van der Waals surface area contributed by atoms with E-state index in [2.05, 4.69) is 17.8 Å². The molecule has 0 saturated carbocycles. The monoisotopic (exact) mass is 210 g/mol. The Morgan fingerprint density at radius 1 is 1.80 bits per heavy atom. The number of rotatable bonds is 7. The molecule has 0 spiro atoms. The van der Waals surface area contributed by atoms with Crippen LogP contribution in [-0.4, -0.2) is 48.2 Å². The van der Waals surface area contributed by atoms with Crippen molar-refractivity contribution in [2.75, 3.05) is 26.2 Å². The van der Waals surface area contributed by atoms with Crippen LogP contribution in [0.1, 0.15) is 6.92 Å².